The first kappa shape index (κ1) is 12.6. The molecule has 0 atom stereocenters. The van der Waals surface area contributed by atoms with Crippen molar-refractivity contribution in [1.82, 2.24) is 0 Å². The van der Waals surface area contributed by atoms with Gasteiger partial charge in [0.2, 0.25) is 5.96 Å². The number of hydrogen-bond donors (Lipinski definition) is 2. The number of nitrogens with two attached hydrogens (primary N) is 2. The van der Waals surface area contributed by atoms with Crippen LogP contribution in [0, 0.1) is 0 Å². The fourth-order valence-electron chi connectivity index (χ4n) is 1.03. The topological polar surface area (TPSA) is 76.8 Å². The van der Waals surface area contributed by atoms with Crippen LogP contribution < -0.4 is 11.5 Å². The van der Waals surface area contributed by atoms with Crippen LogP contribution in [0.3, 0.4) is 0 Å². The molecule has 16 heavy (non-hydrogen) atoms. The summed E-state index contributed by atoms with van der Waals surface area (Å²) in [6.45, 7) is 2.17. The third-order valence-electron chi connectivity index (χ3n) is 1.73. The predicted molar refractivity (Wildman–Crippen MR) is 70.9 cm³/mol. The average molecular weight is 236 g/mol. The largest absolute Gasteiger partial charge is 0.369 e. The minimum Gasteiger partial charge on any atom is -0.369 e. The van der Waals surface area contributed by atoms with Crippen LogP contribution in [0.5, 0.6) is 0 Å². The zero-order chi connectivity index (χ0) is 11.8. The van der Waals surface area contributed by atoms with Gasteiger partial charge in [0.1, 0.15) is 0 Å². The summed E-state index contributed by atoms with van der Waals surface area (Å²) in [4.78, 5) is 1.26. The molecular weight excluding hydrogens is 220 g/mol. The smallest absolute Gasteiger partial charge is 0.211 e. The number of guanidine groups is 1. The van der Waals surface area contributed by atoms with E-state index in [0.29, 0.717) is 0 Å². The van der Waals surface area contributed by atoms with E-state index in [0.717, 1.165) is 11.3 Å². The Bertz CT molecular complexity index is 366. The SMILES string of the molecule is CCCSc1ccc(C=NN=C(N)N)cc1. The molecule has 0 heterocycles. The van der Waals surface area contributed by atoms with E-state index in [-0.39, 0.29) is 5.96 Å². The zero-order valence-corrected chi connectivity index (χ0v) is 10.1. The van der Waals surface area contributed by atoms with Crippen molar-refractivity contribution in [3.05, 3.63) is 29.8 Å². The van der Waals surface area contributed by atoms with Crippen LogP contribution in [0.4, 0.5) is 0 Å². The maximum atomic E-state index is 5.15. The molecule has 0 aliphatic rings. The van der Waals surface area contributed by atoms with Gasteiger partial charge in [-0.15, -0.1) is 16.9 Å². The van der Waals surface area contributed by atoms with Crippen LogP contribution in [0.15, 0.2) is 39.4 Å². The molecule has 0 aliphatic heterocycles. The first-order valence-corrected chi connectivity index (χ1v) is 6.05. The van der Waals surface area contributed by atoms with Gasteiger partial charge in [0.05, 0.1) is 6.21 Å². The van der Waals surface area contributed by atoms with Crippen LogP contribution in [0.2, 0.25) is 0 Å². The Morgan fingerprint density at radius 1 is 1.31 bits per heavy atom. The Kier molecular flexibility index (Phi) is 5.42. The minimum absolute atomic E-state index is 0.0358. The van der Waals surface area contributed by atoms with Crippen LogP contribution >= 0.6 is 11.8 Å². The van der Waals surface area contributed by atoms with Gasteiger partial charge >= 0.3 is 0 Å². The third kappa shape index (κ3) is 4.84. The second-order valence-electron chi connectivity index (χ2n) is 3.19. The molecule has 0 spiro atoms. The van der Waals surface area contributed by atoms with Crippen molar-refractivity contribution in [2.45, 2.75) is 18.2 Å². The number of rotatable bonds is 5. The zero-order valence-electron chi connectivity index (χ0n) is 9.26. The molecule has 0 saturated carbocycles. The van der Waals surface area contributed by atoms with E-state index in [1.54, 1.807) is 6.21 Å². The van der Waals surface area contributed by atoms with Gasteiger partial charge in [-0.25, -0.2) is 0 Å². The molecule has 0 aliphatic carbocycles. The normalized spacial score (nSPS) is 10.6. The van der Waals surface area contributed by atoms with E-state index in [9.17, 15) is 0 Å². The van der Waals surface area contributed by atoms with Crippen molar-refractivity contribution in [3.63, 3.8) is 0 Å². The molecule has 1 rings (SSSR count). The summed E-state index contributed by atoms with van der Waals surface area (Å²) >= 11 is 1.85. The second kappa shape index (κ2) is 6.90. The Morgan fingerprint density at radius 3 is 2.56 bits per heavy atom. The van der Waals surface area contributed by atoms with Crippen LogP contribution in [-0.2, 0) is 0 Å². The van der Waals surface area contributed by atoms with Crippen molar-refractivity contribution in [2.75, 3.05) is 5.75 Å². The molecule has 1 aromatic rings. The first-order chi connectivity index (χ1) is 7.72. The number of hydrogen-bond acceptors (Lipinski definition) is 3. The molecule has 0 aromatic heterocycles. The Hall–Kier alpha value is -1.49. The minimum atomic E-state index is -0.0358. The summed E-state index contributed by atoms with van der Waals surface area (Å²) in [6.07, 6.45) is 2.80. The van der Waals surface area contributed by atoms with E-state index in [4.69, 9.17) is 11.5 Å². The van der Waals surface area contributed by atoms with Gasteiger partial charge in [0.15, 0.2) is 0 Å². The van der Waals surface area contributed by atoms with E-state index >= 15 is 0 Å². The lowest BCUT2D eigenvalue weighted by molar-refractivity contribution is 1.10. The molecule has 4 nitrogen and oxygen atoms in total. The van der Waals surface area contributed by atoms with Gasteiger partial charge in [0.25, 0.3) is 0 Å². The van der Waals surface area contributed by atoms with Gasteiger partial charge in [-0.05, 0) is 29.9 Å². The lowest BCUT2D eigenvalue weighted by Gasteiger charge is -1.99. The molecular formula is C11H16N4S. The summed E-state index contributed by atoms with van der Waals surface area (Å²) in [7, 11) is 0. The van der Waals surface area contributed by atoms with Crippen molar-refractivity contribution in [2.24, 2.45) is 21.7 Å². The van der Waals surface area contributed by atoms with Crippen LogP contribution in [-0.4, -0.2) is 17.9 Å². The monoisotopic (exact) mass is 236 g/mol. The molecule has 0 fully saturated rings. The van der Waals surface area contributed by atoms with Gasteiger partial charge in [-0.3, -0.25) is 0 Å². The fourth-order valence-corrected chi connectivity index (χ4v) is 1.80. The second-order valence-corrected chi connectivity index (χ2v) is 4.36. The lowest BCUT2D eigenvalue weighted by Crippen LogP contribution is -2.21. The molecule has 0 bridgehead atoms. The Morgan fingerprint density at radius 2 is 2.00 bits per heavy atom. The highest BCUT2D eigenvalue weighted by Crippen LogP contribution is 2.18. The Balaban J connectivity index is 2.57. The standard InChI is InChI=1S/C11H16N4S/c1-2-7-16-10-5-3-9(4-6-10)8-14-15-11(12)13/h3-6,8H,2,7H2,1H3,(H4,12,13,15). The Labute approximate surface area is 99.8 Å². The lowest BCUT2D eigenvalue weighted by atomic mass is 10.2. The average Bonchev–Trinajstić information content (AvgIpc) is 2.27. The molecule has 0 radical (unpaired) electrons. The quantitative estimate of drug-likeness (QED) is 0.354. The molecule has 5 heteroatoms. The van der Waals surface area contributed by atoms with Crippen molar-refractivity contribution < 1.29 is 0 Å². The highest BCUT2D eigenvalue weighted by atomic mass is 32.2. The molecule has 0 saturated heterocycles. The fraction of sp³-hybridized carbons (Fsp3) is 0.273. The van der Waals surface area contributed by atoms with E-state index in [1.165, 1.54) is 11.3 Å². The van der Waals surface area contributed by atoms with Gasteiger partial charge < -0.3 is 11.5 Å². The number of benzene rings is 1. The predicted octanol–water partition coefficient (Wildman–Crippen LogP) is 1.80. The van der Waals surface area contributed by atoms with Crippen LogP contribution in [0.25, 0.3) is 0 Å². The maximum Gasteiger partial charge on any atom is 0.211 e. The van der Waals surface area contributed by atoms with Gasteiger partial charge in [-0.1, -0.05) is 19.1 Å². The van der Waals surface area contributed by atoms with E-state index in [1.807, 2.05) is 23.9 Å². The third-order valence-corrected chi connectivity index (χ3v) is 2.95. The molecule has 0 amide bonds. The van der Waals surface area contributed by atoms with Crippen molar-refractivity contribution >= 4 is 23.9 Å². The summed E-state index contributed by atoms with van der Waals surface area (Å²) in [6, 6.07) is 8.11. The van der Waals surface area contributed by atoms with E-state index in [2.05, 4.69) is 29.3 Å². The number of thioether (sulfide) groups is 1. The summed E-state index contributed by atoms with van der Waals surface area (Å²) in [5.74, 6) is 1.10. The summed E-state index contributed by atoms with van der Waals surface area (Å²) in [5, 5.41) is 7.27. The molecule has 1 aromatic carbocycles. The maximum absolute atomic E-state index is 5.15. The molecule has 0 unspecified atom stereocenters. The number of nitrogens with zero attached hydrogens (tertiary/aromatic N) is 2. The van der Waals surface area contributed by atoms with Gasteiger partial charge in [0, 0.05) is 4.90 Å². The van der Waals surface area contributed by atoms with E-state index < -0.39 is 0 Å². The molecule has 86 valence electrons. The first-order valence-electron chi connectivity index (χ1n) is 5.07. The summed E-state index contributed by atoms with van der Waals surface area (Å²) in [5.41, 5.74) is 11.3. The van der Waals surface area contributed by atoms with Crippen LogP contribution in [0.1, 0.15) is 18.9 Å². The molecule has 4 N–H and O–H groups in total. The summed E-state index contributed by atoms with van der Waals surface area (Å²) < 4.78 is 0. The van der Waals surface area contributed by atoms with Crippen molar-refractivity contribution in [3.8, 4) is 0 Å². The van der Waals surface area contributed by atoms with Crippen molar-refractivity contribution in [1.29, 1.82) is 0 Å². The highest BCUT2D eigenvalue weighted by molar-refractivity contribution is 7.99. The van der Waals surface area contributed by atoms with Gasteiger partial charge in [-0.2, -0.15) is 5.10 Å². The highest BCUT2D eigenvalue weighted by Gasteiger charge is 1.92.